The summed E-state index contributed by atoms with van der Waals surface area (Å²) in [6, 6.07) is 13.2. The first-order valence-electron chi connectivity index (χ1n) is 9.48. The highest BCUT2D eigenvalue weighted by atomic mass is 16.5. The Balaban J connectivity index is 1.99. The average molecular weight is 371 g/mol. The van der Waals surface area contributed by atoms with Crippen LogP contribution in [0.4, 0.5) is 0 Å². The van der Waals surface area contributed by atoms with E-state index in [1.165, 1.54) is 0 Å². The lowest BCUT2D eigenvalue weighted by Crippen LogP contribution is -2.28. The van der Waals surface area contributed by atoms with Gasteiger partial charge in [-0.05, 0) is 63.1 Å². The molecule has 2 aromatic carbocycles. The van der Waals surface area contributed by atoms with E-state index in [0.717, 1.165) is 22.6 Å². The van der Waals surface area contributed by atoms with Crippen LogP contribution < -0.4 is 19.5 Å². The highest BCUT2D eigenvalue weighted by Gasteiger charge is 2.13. The van der Waals surface area contributed by atoms with Crippen molar-refractivity contribution in [2.75, 3.05) is 19.8 Å². The second-order valence-corrected chi connectivity index (χ2v) is 6.12. The van der Waals surface area contributed by atoms with Gasteiger partial charge in [0.2, 0.25) is 5.91 Å². The van der Waals surface area contributed by atoms with Gasteiger partial charge in [0.05, 0.1) is 32.3 Å². The van der Waals surface area contributed by atoms with Crippen LogP contribution in [-0.4, -0.2) is 25.7 Å². The van der Waals surface area contributed by atoms with Crippen molar-refractivity contribution < 1.29 is 19.0 Å². The smallest absolute Gasteiger partial charge is 0.224 e. The van der Waals surface area contributed by atoms with Crippen molar-refractivity contribution in [3.05, 3.63) is 53.6 Å². The van der Waals surface area contributed by atoms with Gasteiger partial charge in [-0.15, -0.1) is 0 Å². The maximum Gasteiger partial charge on any atom is 0.224 e. The van der Waals surface area contributed by atoms with Crippen LogP contribution in [0.2, 0.25) is 0 Å². The molecule has 0 saturated heterocycles. The molecule has 0 bridgehead atoms. The van der Waals surface area contributed by atoms with Gasteiger partial charge in [0.25, 0.3) is 0 Å². The second-order valence-electron chi connectivity index (χ2n) is 6.12. The quantitative estimate of drug-likeness (QED) is 0.676. The minimum atomic E-state index is -0.130. The number of nitrogens with one attached hydrogen (secondary N) is 1. The minimum Gasteiger partial charge on any atom is -0.494 e. The largest absolute Gasteiger partial charge is 0.494 e. The molecule has 1 N–H and O–H groups in total. The molecule has 1 atom stereocenters. The van der Waals surface area contributed by atoms with Gasteiger partial charge in [-0.1, -0.05) is 18.2 Å². The number of rotatable bonds is 10. The Hall–Kier alpha value is -2.69. The molecule has 0 saturated carbocycles. The molecule has 5 heteroatoms. The molecule has 0 heterocycles. The van der Waals surface area contributed by atoms with Gasteiger partial charge >= 0.3 is 0 Å². The van der Waals surface area contributed by atoms with E-state index < -0.39 is 0 Å². The van der Waals surface area contributed by atoms with Crippen LogP contribution in [0.5, 0.6) is 17.2 Å². The van der Waals surface area contributed by atoms with E-state index >= 15 is 0 Å². The molecule has 1 amide bonds. The number of ether oxygens (including phenoxy) is 3. The summed E-state index contributed by atoms with van der Waals surface area (Å²) in [5.74, 6) is 2.20. The summed E-state index contributed by atoms with van der Waals surface area (Å²) >= 11 is 0. The summed E-state index contributed by atoms with van der Waals surface area (Å²) in [7, 11) is 0. The molecule has 27 heavy (non-hydrogen) atoms. The van der Waals surface area contributed by atoms with E-state index in [9.17, 15) is 4.79 Å². The van der Waals surface area contributed by atoms with Crippen LogP contribution in [0.15, 0.2) is 42.5 Å². The van der Waals surface area contributed by atoms with Crippen molar-refractivity contribution in [1.29, 1.82) is 0 Å². The highest BCUT2D eigenvalue weighted by molar-refractivity contribution is 5.79. The SMILES string of the molecule is CCOc1ccc(CC(=O)NC(C)c2ccc(OCC)c(OCC)c2)cc1. The fraction of sp³-hybridized carbons (Fsp3) is 0.409. The summed E-state index contributed by atoms with van der Waals surface area (Å²) in [5.41, 5.74) is 1.92. The van der Waals surface area contributed by atoms with Crippen LogP contribution in [0.25, 0.3) is 0 Å². The first-order chi connectivity index (χ1) is 13.1. The lowest BCUT2D eigenvalue weighted by Gasteiger charge is -2.17. The summed E-state index contributed by atoms with van der Waals surface area (Å²) in [4.78, 5) is 12.4. The number of hydrogen-bond donors (Lipinski definition) is 1. The summed E-state index contributed by atoms with van der Waals surface area (Å²) < 4.78 is 16.7. The van der Waals surface area contributed by atoms with E-state index in [-0.39, 0.29) is 11.9 Å². The van der Waals surface area contributed by atoms with Crippen molar-refractivity contribution in [2.24, 2.45) is 0 Å². The lowest BCUT2D eigenvalue weighted by molar-refractivity contribution is -0.121. The number of carbonyl (C=O) groups excluding carboxylic acids is 1. The average Bonchev–Trinajstić information content (AvgIpc) is 2.65. The number of hydrogen-bond acceptors (Lipinski definition) is 4. The fourth-order valence-electron chi connectivity index (χ4n) is 2.77. The van der Waals surface area contributed by atoms with Crippen molar-refractivity contribution in [1.82, 2.24) is 5.32 Å². The molecule has 2 aromatic rings. The van der Waals surface area contributed by atoms with Crippen LogP contribution in [-0.2, 0) is 11.2 Å². The van der Waals surface area contributed by atoms with Crippen LogP contribution in [0, 0.1) is 0 Å². The number of amides is 1. The van der Waals surface area contributed by atoms with E-state index in [1.54, 1.807) is 0 Å². The van der Waals surface area contributed by atoms with Crippen LogP contribution in [0.1, 0.15) is 44.9 Å². The zero-order chi connectivity index (χ0) is 19.6. The van der Waals surface area contributed by atoms with Crippen LogP contribution >= 0.6 is 0 Å². The Kier molecular flexibility index (Phi) is 7.99. The molecule has 0 spiro atoms. The van der Waals surface area contributed by atoms with Gasteiger partial charge in [0, 0.05) is 0 Å². The predicted octanol–water partition coefficient (Wildman–Crippen LogP) is 4.30. The molecule has 0 fully saturated rings. The lowest BCUT2D eigenvalue weighted by atomic mass is 10.1. The first-order valence-corrected chi connectivity index (χ1v) is 9.48. The number of carbonyl (C=O) groups is 1. The first kappa shape index (κ1) is 20.6. The van der Waals surface area contributed by atoms with Crippen molar-refractivity contribution >= 4 is 5.91 Å². The summed E-state index contributed by atoms with van der Waals surface area (Å²) in [6.45, 7) is 9.54. The standard InChI is InChI=1S/C22H29NO4/c1-5-25-19-11-8-17(9-12-19)14-22(24)23-16(4)18-10-13-20(26-6-2)21(15-18)27-7-3/h8-13,15-16H,5-7,14H2,1-4H3,(H,23,24). The van der Waals surface area contributed by atoms with E-state index in [2.05, 4.69) is 5.32 Å². The van der Waals surface area contributed by atoms with E-state index in [0.29, 0.717) is 32.0 Å². The molecule has 0 aliphatic rings. The highest BCUT2D eigenvalue weighted by Crippen LogP contribution is 2.30. The molecule has 2 rings (SSSR count). The van der Waals surface area contributed by atoms with Gasteiger partial charge in [0.15, 0.2) is 11.5 Å². The molecule has 0 aromatic heterocycles. The van der Waals surface area contributed by atoms with Gasteiger partial charge in [-0.3, -0.25) is 4.79 Å². The summed E-state index contributed by atoms with van der Waals surface area (Å²) in [5, 5.41) is 3.04. The fourth-order valence-corrected chi connectivity index (χ4v) is 2.77. The van der Waals surface area contributed by atoms with Gasteiger partial charge in [-0.2, -0.15) is 0 Å². The Morgan fingerprint density at radius 3 is 2.15 bits per heavy atom. The Morgan fingerprint density at radius 1 is 0.889 bits per heavy atom. The maximum absolute atomic E-state index is 12.4. The molecule has 0 radical (unpaired) electrons. The van der Waals surface area contributed by atoms with Crippen LogP contribution in [0.3, 0.4) is 0 Å². The zero-order valence-electron chi connectivity index (χ0n) is 16.6. The Labute approximate surface area is 161 Å². The molecule has 0 aliphatic heterocycles. The monoisotopic (exact) mass is 371 g/mol. The third-order valence-electron chi connectivity index (χ3n) is 4.04. The third kappa shape index (κ3) is 6.20. The van der Waals surface area contributed by atoms with E-state index in [4.69, 9.17) is 14.2 Å². The van der Waals surface area contributed by atoms with E-state index in [1.807, 2.05) is 70.2 Å². The topological polar surface area (TPSA) is 56.8 Å². The van der Waals surface area contributed by atoms with Crippen molar-refractivity contribution in [3.8, 4) is 17.2 Å². The maximum atomic E-state index is 12.4. The minimum absolute atomic E-state index is 0.0292. The molecular formula is C22H29NO4. The zero-order valence-corrected chi connectivity index (χ0v) is 16.6. The third-order valence-corrected chi connectivity index (χ3v) is 4.04. The second kappa shape index (κ2) is 10.5. The van der Waals surface area contributed by atoms with Gasteiger partial charge in [0.1, 0.15) is 5.75 Å². The van der Waals surface area contributed by atoms with Gasteiger partial charge in [-0.25, -0.2) is 0 Å². The number of benzene rings is 2. The van der Waals surface area contributed by atoms with Crippen molar-refractivity contribution in [2.45, 2.75) is 40.2 Å². The molecule has 146 valence electrons. The molecule has 1 unspecified atom stereocenters. The van der Waals surface area contributed by atoms with Crippen molar-refractivity contribution in [3.63, 3.8) is 0 Å². The molecule has 5 nitrogen and oxygen atoms in total. The molecule has 0 aliphatic carbocycles. The summed E-state index contributed by atoms with van der Waals surface area (Å²) in [6.07, 6.45) is 0.325. The van der Waals surface area contributed by atoms with Gasteiger partial charge < -0.3 is 19.5 Å². The Bertz CT molecular complexity index is 728. The predicted molar refractivity (Wildman–Crippen MR) is 107 cm³/mol. The Morgan fingerprint density at radius 2 is 1.52 bits per heavy atom. The normalized spacial score (nSPS) is 11.6. The molecular weight excluding hydrogens is 342 g/mol.